The molecule has 1 amide bonds. The number of benzene rings is 3. The Hall–Kier alpha value is -3.44. The van der Waals surface area contributed by atoms with Crippen LogP contribution in [0.1, 0.15) is 16.7 Å². The van der Waals surface area contributed by atoms with Crippen LogP contribution in [0.25, 0.3) is 17.2 Å². The maximum atomic E-state index is 12.1. The summed E-state index contributed by atoms with van der Waals surface area (Å²) < 4.78 is 5.12. The van der Waals surface area contributed by atoms with Crippen LogP contribution in [-0.4, -0.2) is 18.1 Å². The number of nitrogens with one attached hydrogen (secondary N) is 2. The summed E-state index contributed by atoms with van der Waals surface area (Å²) in [4.78, 5) is 12.1. The van der Waals surface area contributed by atoms with Crippen LogP contribution in [0.15, 0.2) is 72.8 Å². The highest BCUT2D eigenvalue weighted by molar-refractivity contribution is 7.80. The van der Waals surface area contributed by atoms with Gasteiger partial charge in [-0.15, -0.1) is 0 Å². The Labute approximate surface area is 175 Å². The molecule has 1 aliphatic carbocycles. The van der Waals surface area contributed by atoms with Crippen molar-refractivity contribution < 1.29 is 9.53 Å². The highest BCUT2D eigenvalue weighted by Gasteiger charge is 2.18. The van der Waals surface area contributed by atoms with Gasteiger partial charge in [0.15, 0.2) is 5.11 Å². The summed E-state index contributed by atoms with van der Waals surface area (Å²) in [6.07, 6.45) is 4.09. The minimum Gasteiger partial charge on any atom is -0.497 e. The zero-order valence-electron chi connectivity index (χ0n) is 15.9. The van der Waals surface area contributed by atoms with Crippen molar-refractivity contribution in [1.29, 1.82) is 0 Å². The van der Waals surface area contributed by atoms with E-state index in [1.807, 2.05) is 30.3 Å². The first-order valence-electron chi connectivity index (χ1n) is 9.28. The topological polar surface area (TPSA) is 50.4 Å². The van der Waals surface area contributed by atoms with Gasteiger partial charge in [0.25, 0.3) is 0 Å². The van der Waals surface area contributed by atoms with Crippen molar-refractivity contribution in [3.8, 4) is 16.9 Å². The predicted octanol–water partition coefficient (Wildman–Crippen LogP) is 4.79. The van der Waals surface area contributed by atoms with Crippen molar-refractivity contribution in [3.05, 3.63) is 89.5 Å². The fourth-order valence-electron chi connectivity index (χ4n) is 3.43. The number of carbonyl (C=O) groups excluding carboxylic acids is 1. The molecule has 1 aliphatic rings. The molecule has 4 rings (SSSR count). The monoisotopic (exact) mass is 400 g/mol. The maximum Gasteiger partial charge on any atom is 0.250 e. The van der Waals surface area contributed by atoms with Crippen LogP contribution in [-0.2, 0) is 11.2 Å². The van der Waals surface area contributed by atoms with Crippen molar-refractivity contribution >= 4 is 35.0 Å². The van der Waals surface area contributed by atoms with E-state index in [2.05, 4.69) is 47.0 Å². The van der Waals surface area contributed by atoms with E-state index in [4.69, 9.17) is 17.0 Å². The normalized spacial score (nSPS) is 11.6. The Morgan fingerprint density at radius 2 is 1.76 bits per heavy atom. The van der Waals surface area contributed by atoms with Crippen LogP contribution in [0.4, 0.5) is 5.69 Å². The minimum absolute atomic E-state index is 0.268. The third kappa shape index (κ3) is 4.36. The molecule has 0 aliphatic heterocycles. The molecular formula is C24H20N2O2S. The molecule has 144 valence electrons. The number of fused-ring (bicyclic) bond motifs is 3. The van der Waals surface area contributed by atoms with Crippen LogP contribution in [0.2, 0.25) is 0 Å². The molecule has 0 saturated heterocycles. The third-order valence-electron chi connectivity index (χ3n) is 4.83. The smallest absolute Gasteiger partial charge is 0.250 e. The predicted molar refractivity (Wildman–Crippen MR) is 121 cm³/mol. The number of carbonyl (C=O) groups is 1. The van der Waals surface area contributed by atoms with Crippen LogP contribution < -0.4 is 15.4 Å². The lowest BCUT2D eigenvalue weighted by atomic mass is 10.1. The molecule has 2 N–H and O–H groups in total. The van der Waals surface area contributed by atoms with E-state index in [-0.39, 0.29) is 11.0 Å². The highest BCUT2D eigenvalue weighted by atomic mass is 32.1. The minimum atomic E-state index is -0.285. The lowest BCUT2D eigenvalue weighted by molar-refractivity contribution is -0.115. The summed E-state index contributed by atoms with van der Waals surface area (Å²) in [6.45, 7) is 0. The Bertz CT molecular complexity index is 1100. The van der Waals surface area contributed by atoms with Crippen LogP contribution >= 0.6 is 12.2 Å². The maximum absolute atomic E-state index is 12.1. The van der Waals surface area contributed by atoms with Gasteiger partial charge in [-0.2, -0.15) is 0 Å². The van der Waals surface area contributed by atoms with Gasteiger partial charge in [-0.25, -0.2) is 0 Å². The first-order valence-corrected chi connectivity index (χ1v) is 9.68. The van der Waals surface area contributed by atoms with Crippen LogP contribution in [0, 0.1) is 0 Å². The molecule has 5 heteroatoms. The number of hydrogen-bond donors (Lipinski definition) is 2. The Morgan fingerprint density at radius 3 is 2.55 bits per heavy atom. The Morgan fingerprint density at radius 1 is 1.00 bits per heavy atom. The molecule has 0 saturated carbocycles. The van der Waals surface area contributed by atoms with E-state index < -0.39 is 0 Å². The van der Waals surface area contributed by atoms with Crippen molar-refractivity contribution in [1.82, 2.24) is 5.32 Å². The summed E-state index contributed by atoms with van der Waals surface area (Å²) in [6, 6.07) is 22.0. The molecule has 4 nitrogen and oxygen atoms in total. The Balaban J connectivity index is 1.35. The van der Waals surface area contributed by atoms with Gasteiger partial charge in [-0.3, -0.25) is 10.1 Å². The lowest BCUT2D eigenvalue weighted by Crippen LogP contribution is -2.32. The quantitative estimate of drug-likeness (QED) is 0.382. The van der Waals surface area contributed by atoms with Crippen molar-refractivity contribution in [3.63, 3.8) is 0 Å². The van der Waals surface area contributed by atoms with Crippen molar-refractivity contribution in [2.75, 3.05) is 12.4 Å². The SMILES string of the molecule is COc1ccc(/C=C/C(=O)NC(=S)Nc2ccc3c(c2)Cc2ccccc2-3)cc1. The second-order valence-electron chi connectivity index (χ2n) is 6.76. The van der Waals surface area contributed by atoms with Gasteiger partial charge in [0.2, 0.25) is 5.91 Å². The van der Waals surface area contributed by atoms with E-state index in [0.717, 1.165) is 23.4 Å². The number of methoxy groups -OCH3 is 1. The second-order valence-corrected chi connectivity index (χ2v) is 7.16. The number of ether oxygens (including phenoxy) is 1. The molecule has 3 aromatic rings. The van der Waals surface area contributed by atoms with Gasteiger partial charge in [0.05, 0.1) is 7.11 Å². The van der Waals surface area contributed by atoms with Gasteiger partial charge < -0.3 is 10.1 Å². The summed E-state index contributed by atoms with van der Waals surface area (Å²) in [5.41, 5.74) is 6.89. The van der Waals surface area contributed by atoms with Gasteiger partial charge >= 0.3 is 0 Å². The van der Waals surface area contributed by atoms with E-state index in [1.165, 1.54) is 28.3 Å². The fraction of sp³-hybridized carbons (Fsp3) is 0.0833. The van der Waals surface area contributed by atoms with Crippen molar-refractivity contribution in [2.45, 2.75) is 6.42 Å². The number of amides is 1. The van der Waals surface area contributed by atoms with Gasteiger partial charge in [0, 0.05) is 11.8 Å². The van der Waals surface area contributed by atoms with Crippen LogP contribution in [0.5, 0.6) is 5.75 Å². The summed E-state index contributed by atoms with van der Waals surface area (Å²) in [7, 11) is 1.62. The van der Waals surface area contributed by atoms with E-state index in [1.54, 1.807) is 13.2 Å². The molecule has 0 aromatic heterocycles. The zero-order chi connectivity index (χ0) is 20.2. The highest BCUT2D eigenvalue weighted by Crippen LogP contribution is 2.37. The molecule has 0 atom stereocenters. The fourth-order valence-corrected chi connectivity index (χ4v) is 3.64. The second kappa shape index (κ2) is 8.29. The summed E-state index contributed by atoms with van der Waals surface area (Å²) in [5, 5.41) is 6.04. The molecule has 0 unspecified atom stereocenters. The van der Waals surface area contributed by atoms with E-state index in [0.29, 0.717) is 0 Å². The summed E-state index contributed by atoms with van der Waals surface area (Å²) >= 11 is 5.28. The lowest BCUT2D eigenvalue weighted by Gasteiger charge is -2.10. The molecule has 29 heavy (non-hydrogen) atoms. The Kier molecular flexibility index (Phi) is 5.40. The van der Waals surface area contributed by atoms with E-state index >= 15 is 0 Å². The molecule has 3 aromatic carbocycles. The first-order chi connectivity index (χ1) is 14.1. The molecule has 0 heterocycles. The number of thiocarbonyl (C=S) groups is 1. The van der Waals surface area contributed by atoms with Crippen molar-refractivity contribution in [2.24, 2.45) is 0 Å². The molecular weight excluding hydrogens is 380 g/mol. The zero-order valence-corrected chi connectivity index (χ0v) is 16.8. The van der Waals surface area contributed by atoms with Crippen LogP contribution in [0.3, 0.4) is 0 Å². The molecule has 0 radical (unpaired) electrons. The van der Waals surface area contributed by atoms with Gasteiger partial charge in [0.1, 0.15) is 5.75 Å². The number of hydrogen-bond acceptors (Lipinski definition) is 3. The number of rotatable bonds is 4. The third-order valence-corrected chi connectivity index (χ3v) is 5.04. The summed E-state index contributed by atoms with van der Waals surface area (Å²) in [5.74, 6) is 0.487. The largest absolute Gasteiger partial charge is 0.497 e. The standard InChI is InChI=1S/C24H20N2O2S/c1-28-20-10-6-16(7-11-20)8-13-23(27)26-24(29)25-19-9-12-22-18(15-19)14-17-4-2-3-5-21(17)22/h2-13,15H,14H2,1H3,(H2,25,26,27,29)/b13-8+. The molecule has 0 fully saturated rings. The van der Waals surface area contributed by atoms with Gasteiger partial charge in [-0.1, -0.05) is 42.5 Å². The number of anilines is 1. The molecule has 0 spiro atoms. The molecule has 0 bridgehead atoms. The van der Waals surface area contributed by atoms with E-state index in [9.17, 15) is 4.79 Å². The first kappa shape index (κ1) is 18.9. The van der Waals surface area contributed by atoms with Gasteiger partial charge in [-0.05, 0) is 76.8 Å². The average molecular weight is 401 g/mol. The average Bonchev–Trinajstić information content (AvgIpc) is 3.10.